The minimum atomic E-state index is -0.354. The highest BCUT2D eigenvalue weighted by molar-refractivity contribution is 5.74. The number of aliphatic hydroxyl groups excluding tert-OH is 1. The van der Waals surface area contributed by atoms with E-state index >= 15 is 0 Å². The maximum absolute atomic E-state index is 11.0. The van der Waals surface area contributed by atoms with Gasteiger partial charge in [0.05, 0.1) is 12.1 Å². The third-order valence-electron chi connectivity index (χ3n) is 2.13. The first kappa shape index (κ1) is 9.32. The molecule has 4 heteroatoms. The number of nitrogens with one attached hydrogen (secondary N) is 2. The van der Waals surface area contributed by atoms with E-state index in [0.717, 1.165) is 19.3 Å². The molecule has 1 aliphatic carbocycles. The summed E-state index contributed by atoms with van der Waals surface area (Å²) in [5, 5.41) is 14.7. The van der Waals surface area contributed by atoms with Gasteiger partial charge in [0.1, 0.15) is 0 Å². The van der Waals surface area contributed by atoms with Crippen LogP contribution in [0.15, 0.2) is 0 Å². The summed E-state index contributed by atoms with van der Waals surface area (Å²) in [6, 6.07) is -0.222. The van der Waals surface area contributed by atoms with Gasteiger partial charge in [-0.25, -0.2) is 4.79 Å². The molecule has 0 aromatic carbocycles. The van der Waals surface area contributed by atoms with Gasteiger partial charge in [-0.1, -0.05) is 0 Å². The maximum atomic E-state index is 11.0. The van der Waals surface area contributed by atoms with Crippen molar-refractivity contribution in [3.05, 3.63) is 0 Å². The lowest BCUT2D eigenvalue weighted by Crippen LogP contribution is -2.45. The topological polar surface area (TPSA) is 61.4 Å². The molecule has 4 nitrogen and oxygen atoms in total. The van der Waals surface area contributed by atoms with Crippen molar-refractivity contribution in [3.8, 4) is 0 Å². The Labute approximate surface area is 72.3 Å². The van der Waals surface area contributed by atoms with Crippen LogP contribution in [0.3, 0.4) is 0 Å². The number of aliphatic hydroxyl groups is 1. The lowest BCUT2D eigenvalue weighted by atomic mass is 10.2. The normalized spacial score (nSPS) is 28.5. The van der Waals surface area contributed by atoms with Gasteiger partial charge < -0.3 is 15.7 Å². The van der Waals surface area contributed by atoms with Crippen molar-refractivity contribution in [3.63, 3.8) is 0 Å². The molecule has 0 radical (unpaired) electrons. The van der Waals surface area contributed by atoms with E-state index in [0.29, 0.717) is 6.54 Å². The summed E-state index contributed by atoms with van der Waals surface area (Å²) in [5.41, 5.74) is 0. The fourth-order valence-corrected chi connectivity index (χ4v) is 1.49. The van der Waals surface area contributed by atoms with Crippen molar-refractivity contribution in [2.45, 2.75) is 38.3 Å². The molecule has 70 valence electrons. The van der Waals surface area contributed by atoms with Crippen LogP contribution >= 0.6 is 0 Å². The zero-order chi connectivity index (χ0) is 8.97. The molecule has 0 heterocycles. The smallest absolute Gasteiger partial charge is 0.315 e. The van der Waals surface area contributed by atoms with Crippen LogP contribution in [0.1, 0.15) is 26.2 Å². The van der Waals surface area contributed by atoms with E-state index in [1.165, 1.54) is 0 Å². The number of rotatable bonds is 2. The van der Waals surface area contributed by atoms with Crippen LogP contribution < -0.4 is 10.6 Å². The fourth-order valence-electron chi connectivity index (χ4n) is 1.49. The van der Waals surface area contributed by atoms with Crippen molar-refractivity contribution < 1.29 is 9.90 Å². The summed E-state index contributed by atoms with van der Waals surface area (Å²) < 4.78 is 0. The van der Waals surface area contributed by atoms with Crippen LogP contribution in [0.2, 0.25) is 0 Å². The van der Waals surface area contributed by atoms with Gasteiger partial charge in [-0.3, -0.25) is 0 Å². The van der Waals surface area contributed by atoms with Gasteiger partial charge in [-0.15, -0.1) is 0 Å². The molecule has 0 bridgehead atoms. The highest BCUT2D eigenvalue weighted by Crippen LogP contribution is 2.18. The summed E-state index contributed by atoms with van der Waals surface area (Å²) >= 11 is 0. The summed E-state index contributed by atoms with van der Waals surface area (Å²) in [7, 11) is 0. The Bertz CT molecular complexity index is 161. The number of urea groups is 1. The lowest BCUT2D eigenvalue weighted by molar-refractivity contribution is 0.149. The van der Waals surface area contributed by atoms with E-state index in [-0.39, 0.29) is 18.2 Å². The monoisotopic (exact) mass is 172 g/mol. The summed E-state index contributed by atoms with van der Waals surface area (Å²) in [6.45, 7) is 2.49. The van der Waals surface area contributed by atoms with Gasteiger partial charge in [0.25, 0.3) is 0 Å². The number of carbonyl (C=O) groups is 1. The molecule has 0 aromatic heterocycles. The Hall–Kier alpha value is -0.770. The van der Waals surface area contributed by atoms with Crippen molar-refractivity contribution in [2.24, 2.45) is 0 Å². The second kappa shape index (κ2) is 4.30. The fraction of sp³-hybridized carbons (Fsp3) is 0.875. The van der Waals surface area contributed by atoms with Crippen molar-refractivity contribution in [1.29, 1.82) is 0 Å². The van der Waals surface area contributed by atoms with E-state index in [1.54, 1.807) is 0 Å². The predicted octanol–water partition coefficient (Wildman–Crippen LogP) is 0.219. The van der Waals surface area contributed by atoms with Crippen LogP contribution in [0, 0.1) is 0 Å². The molecule has 1 unspecified atom stereocenters. The number of hydrogen-bond donors (Lipinski definition) is 3. The van der Waals surface area contributed by atoms with Gasteiger partial charge in [0.2, 0.25) is 0 Å². The molecule has 0 aliphatic heterocycles. The van der Waals surface area contributed by atoms with E-state index in [2.05, 4.69) is 10.6 Å². The Balaban J connectivity index is 2.25. The van der Waals surface area contributed by atoms with Crippen LogP contribution in [0.5, 0.6) is 0 Å². The molecule has 1 aliphatic rings. The third kappa shape index (κ3) is 2.37. The number of amides is 2. The Morgan fingerprint density at radius 3 is 2.83 bits per heavy atom. The lowest BCUT2D eigenvalue weighted by Gasteiger charge is -2.16. The molecule has 2 amide bonds. The molecule has 1 fully saturated rings. The van der Waals surface area contributed by atoms with E-state index in [1.807, 2.05) is 6.92 Å². The second-order valence-electron chi connectivity index (χ2n) is 3.11. The molecule has 1 saturated carbocycles. The molecule has 0 saturated heterocycles. The average Bonchev–Trinajstić information content (AvgIpc) is 2.37. The molecule has 0 spiro atoms. The van der Waals surface area contributed by atoms with Crippen LogP contribution in [-0.4, -0.2) is 29.8 Å². The zero-order valence-electron chi connectivity index (χ0n) is 7.34. The Kier molecular flexibility index (Phi) is 3.34. The molecule has 3 N–H and O–H groups in total. The Morgan fingerprint density at radius 2 is 2.33 bits per heavy atom. The highest BCUT2D eigenvalue weighted by atomic mass is 16.3. The van der Waals surface area contributed by atoms with Gasteiger partial charge in [0, 0.05) is 6.54 Å². The first-order valence-electron chi connectivity index (χ1n) is 4.46. The summed E-state index contributed by atoms with van der Waals surface area (Å²) in [4.78, 5) is 11.0. The Morgan fingerprint density at radius 1 is 1.58 bits per heavy atom. The van der Waals surface area contributed by atoms with Crippen molar-refractivity contribution >= 4 is 6.03 Å². The third-order valence-corrected chi connectivity index (χ3v) is 2.13. The number of hydrogen-bond acceptors (Lipinski definition) is 2. The molecule has 12 heavy (non-hydrogen) atoms. The van der Waals surface area contributed by atoms with E-state index in [9.17, 15) is 9.90 Å². The van der Waals surface area contributed by atoms with Crippen molar-refractivity contribution in [1.82, 2.24) is 10.6 Å². The summed E-state index contributed by atoms with van der Waals surface area (Å²) in [6.07, 6.45) is 2.33. The SMILES string of the molecule is CCNC(=O)NC1CCC[C@H]1O. The van der Waals surface area contributed by atoms with Crippen LogP contribution in [-0.2, 0) is 0 Å². The average molecular weight is 172 g/mol. The predicted molar refractivity (Wildman–Crippen MR) is 45.9 cm³/mol. The maximum Gasteiger partial charge on any atom is 0.315 e. The van der Waals surface area contributed by atoms with E-state index < -0.39 is 0 Å². The van der Waals surface area contributed by atoms with E-state index in [4.69, 9.17) is 0 Å². The quantitative estimate of drug-likeness (QED) is 0.558. The zero-order valence-corrected chi connectivity index (χ0v) is 7.34. The van der Waals surface area contributed by atoms with Crippen LogP contribution in [0.4, 0.5) is 4.79 Å². The standard InChI is InChI=1S/C8H16N2O2/c1-2-9-8(12)10-6-4-3-5-7(6)11/h6-7,11H,2-5H2,1H3,(H2,9,10,12)/t6?,7-/m1/s1. The number of carbonyl (C=O) groups excluding carboxylic acids is 1. The molecular weight excluding hydrogens is 156 g/mol. The largest absolute Gasteiger partial charge is 0.391 e. The molecule has 2 atom stereocenters. The second-order valence-corrected chi connectivity index (χ2v) is 3.11. The first-order chi connectivity index (χ1) is 5.74. The molecule has 1 rings (SSSR count). The minimum absolute atomic E-state index is 0.0449. The molecular formula is C8H16N2O2. The van der Waals surface area contributed by atoms with Gasteiger partial charge >= 0.3 is 6.03 Å². The first-order valence-corrected chi connectivity index (χ1v) is 4.46. The van der Waals surface area contributed by atoms with Gasteiger partial charge in [-0.2, -0.15) is 0 Å². The molecule has 0 aromatic rings. The van der Waals surface area contributed by atoms with Gasteiger partial charge in [-0.05, 0) is 26.2 Å². The minimum Gasteiger partial charge on any atom is -0.391 e. The highest BCUT2D eigenvalue weighted by Gasteiger charge is 2.26. The van der Waals surface area contributed by atoms with Crippen LogP contribution in [0.25, 0.3) is 0 Å². The van der Waals surface area contributed by atoms with Crippen molar-refractivity contribution in [2.75, 3.05) is 6.54 Å². The summed E-state index contributed by atoms with van der Waals surface area (Å²) in [5.74, 6) is 0. The van der Waals surface area contributed by atoms with Gasteiger partial charge in [0.15, 0.2) is 0 Å².